The third-order valence-corrected chi connectivity index (χ3v) is 4.05. The fourth-order valence-corrected chi connectivity index (χ4v) is 2.64. The van der Waals surface area contributed by atoms with Crippen molar-refractivity contribution in [1.82, 2.24) is 15.6 Å². The van der Waals surface area contributed by atoms with Crippen LogP contribution in [-0.4, -0.2) is 48.4 Å². The average molecular weight is 421 g/mol. The highest BCUT2D eigenvalue weighted by Gasteiger charge is 2.09. The van der Waals surface area contributed by atoms with Gasteiger partial charge < -0.3 is 25.2 Å². The zero-order valence-electron chi connectivity index (χ0n) is 17.1. The highest BCUT2D eigenvalue weighted by molar-refractivity contribution is 6.31. The van der Waals surface area contributed by atoms with Crippen LogP contribution in [-0.2, 0) is 0 Å². The van der Waals surface area contributed by atoms with Gasteiger partial charge in [-0.25, -0.2) is 4.98 Å². The number of hydrogen-bond donors (Lipinski definition) is 3. The number of benzene rings is 1. The van der Waals surface area contributed by atoms with E-state index in [4.69, 9.17) is 21.1 Å². The normalized spacial score (nSPS) is 12.6. The summed E-state index contributed by atoms with van der Waals surface area (Å²) in [5.74, 6) is 1.78. The molecule has 158 valence electrons. The Kier molecular flexibility index (Phi) is 9.53. The molecule has 0 bridgehead atoms. The van der Waals surface area contributed by atoms with E-state index in [0.29, 0.717) is 36.6 Å². The first-order valence-corrected chi connectivity index (χ1v) is 10.1. The minimum Gasteiger partial charge on any atom is -0.491 e. The molecule has 0 aliphatic heterocycles. The fraction of sp³-hybridized carbons (Fsp3) is 0.429. The Hall–Kier alpha value is -2.51. The monoisotopic (exact) mass is 420 g/mol. The molecule has 0 saturated carbocycles. The van der Waals surface area contributed by atoms with Crippen molar-refractivity contribution in [3.8, 4) is 11.6 Å². The van der Waals surface area contributed by atoms with E-state index in [1.54, 1.807) is 18.3 Å². The van der Waals surface area contributed by atoms with Crippen molar-refractivity contribution >= 4 is 17.6 Å². The zero-order valence-corrected chi connectivity index (χ0v) is 17.8. The Morgan fingerprint density at radius 2 is 1.97 bits per heavy atom. The van der Waals surface area contributed by atoms with E-state index < -0.39 is 6.10 Å². The Labute approximate surface area is 177 Å². The van der Waals surface area contributed by atoms with Gasteiger partial charge in [0.05, 0.1) is 25.3 Å². The van der Waals surface area contributed by atoms with Crippen LogP contribution in [0.2, 0.25) is 5.02 Å². The summed E-state index contributed by atoms with van der Waals surface area (Å²) in [4.78, 5) is 8.52. The largest absolute Gasteiger partial charge is 0.491 e. The molecule has 1 unspecified atom stereocenters. The second kappa shape index (κ2) is 12.1. The summed E-state index contributed by atoms with van der Waals surface area (Å²) in [5, 5.41) is 17.2. The molecule has 0 aliphatic carbocycles. The number of pyridine rings is 1. The topological polar surface area (TPSA) is 88.0 Å². The van der Waals surface area contributed by atoms with Gasteiger partial charge in [-0.05, 0) is 50.6 Å². The van der Waals surface area contributed by atoms with Crippen molar-refractivity contribution in [1.29, 1.82) is 0 Å². The van der Waals surface area contributed by atoms with Gasteiger partial charge in [0.25, 0.3) is 0 Å². The zero-order chi connectivity index (χ0) is 21.1. The molecule has 1 heterocycles. The molecule has 1 atom stereocenters. The third-order valence-electron chi connectivity index (χ3n) is 3.76. The van der Waals surface area contributed by atoms with E-state index in [-0.39, 0.29) is 12.6 Å². The van der Waals surface area contributed by atoms with E-state index in [0.717, 1.165) is 11.3 Å². The van der Waals surface area contributed by atoms with Crippen molar-refractivity contribution in [2.75, 3.05) is 26.2 Å². The Bertz CT molecular complexity index is 769. The summed E-state index contributed by atoms with van der Waals surface area (Å²) in [6, 6.07) is 10.9. The number of hydrogen-bond acceptors (Lipinski definition) is 5. The summed E-state index contributed by atoms with van der Waals surface area (Å²) < 4.78 is 11.2. The lowest BCUT2D eigenvalue weighted by Gasteiger charge is -2.14. The van der Waals surface area contributed by atoms with Crippen LogP contribution >= 0.6 is 11.6 Å². The third kappa shape index (κ3) is 8.17. The maximum absolute atomic E-state index is 10.4. The molecule has 0 amide bonds. The van der Waals surface area contributed by atoms with Gasteiger partial charge in [0, 0.05) is 12.7 Å². The number of ether oxygens (including phenoxy) is 2. The number of guanidine groups is 1. The molecule has 1 aromatic heterocycles. The molecule has 0 aliphatic rings. The van der Waals surface area contributed by atoms with Crippen LogP contribution in [0.3, 0.4) is 0 Å². The number of nitrogens with one attached hydrogen (secondary N) is 2. The number of aliphatic hydroxyl groups is 1. The highest BCUT2D eigenvalue weighted by atomic mass is 35.5. The van der Waals surface area contributed by atoms with Crippen molar-refractivity contribution in [3.05, 3.63) is 53.2 Å². The van der Waals surface area contributed by atoms with Crippen LogP contribution in [0.1, 0.15) is 32.4 Å². The van der Waals surface area contributed by atoms with Crippen LogP contribution < -0.4 is 20.1 Å². The van der Waals surface area contributed by atoms with Gasteiger partial charge in [0.2, 0.25) is 5.88 Å². The average Bonchev–Trinajstić information content (AvgIpc) is 2.70. The number of nitrogens with zero attached hydrogens (tertiary/aromatic N) is 2. The summed E-state index contributed by atoms with van der Waals surface area (Å²) in [6.45, 7) is 7.75. The molecule has 2 aromatic rings. The number of aliphatic hydroxyl groups excluding tert-OH is 1. The number of aromatic nitrogens is 1. The van der Waals surface area contributed by atoms with Gasteiger partial charge in [-0.2, -0.15) is 0 Å². The maximum atomic E-state index is 10.4. The first-order chi connectivity index (χ1) is 14.0. The van der Waals surface area contributed by atoms with Crippen LogP contribution in [0.4, 0.5) is 0 Å². The minimum absolute atomic E-state index is 0.113. The van der Waals surface area contributed by atoms with E-state index >= 15 is 0 Å². The molecule has 2 rings (SSSR count). The number of halogens is 1. The summed E-state index contributed by atoms with van der Waals surface area (Å²) in [6.07, 6.45) is 1.03. The lowest BCUT2D eigenvalue weighted by Crippen LogP contribution is -2.39. The predicted molar refractivity (Wildman–Crippen MR) is 116 cm³/mol. The van der Waals surface area contributed by atoms with E-state index in [9.17, 15) is 5.11 Å². The number of rotatable bonds is 10. The second-order valence-electron chi connectivity index (χ2n) is 6.54. The number of aliphatic imine (C=N–C) groups is 1. The lowest BCUT2D eigenvalue weighted by atomic mass is 10.1. The van der Waals surface area contributed by atoms with Gasteiger partial charge >= 0.3 is 0 Å². The van der Waals surface area contributed by atoms with Gasteiger partial charge in [-0.3, -0.25) is 4.99 Å². The summed E-state index contributed by atoms with van der Waals surface area (Å²) in [5.41, 5.74) is 0.786. The highest BCUT2D eigenvalue weighted by Crippen LogP contribution is 2.20. The quantitative estimate of drug-likeness (QED) is 0.311. The van der Waals surface area contributed by atoms with Crippen molar-refractivity contribution in [2.45, 2.75) is 33.0 Å². The smallest absolute Gasteiger partial charge is 0.232 e. The van der Waals surface area contributed by atoms with E-state index in [1.807, 2.05) is 45.0 Å². The van der Waals surface area contributed by atoms with Crippen LogP contribution in [0.25, 0.3) is 0 Å². The molecule has 29 heavy (non-hydrogen) atoms. The van der Waals surface area contributed by atoms with E-state index in [1.165, 1.54) is 0 Å². The minimum atomic E-state index is -0.706. The molecule has 0 radical (unpaired) electrons. The fourth-order valence-electron chi connectivity index (χ4n) is 2.46. The lowest BCUT2D eigenvalue weighted by molar-refractivity contribution is 0.186. The first-order valence-electron chi connectivity index (χ1n) is 9.69. The Balaban J connectivity index is 1.83. The molecule has 0 fully saturated rings. The Morgan fingerprint density at radius 3 is 2.62 bits per heavy atom. The van der Waals surface area contributed by atoms with Gasteiger partial charge in [0.1, 0.15) is 17.4 Å². The standard InChI is InChI=1S/C21H29ClN4O3/c1-4-23-21(25-12-13-28-20-18(22)6-5-11-24-20)26-14-19(27)16-7-9-17(10-8-16)29-15(2)3/h5-11,15,19,27H,4,12-14H2,1-3H3,(H2,23,25,26). The molecule has 7 nitrogen and oxygen atoms in total. The Morgan fingerprint density at radius 1 is 1.21 bits per heavy atom. The molecule has 1 aromatic carbocycles. The van der Waals surface area contributed by atoms with Crippen LogP contribution in [0.5, 0.6) is 11.6 Å². The first kappa shape index (κ1) is 22.8. The molecular formula is C21H29ClN4O3. The summed E-state index contributed by atoms with van der Waals surface area (Å²) >= 11 is 6.01. The maximum Gasteiger partial charge on any atom is 0.232 e. The molecule has 0 saturated heterocycles. The van der Waals surface area contributed by atoms with Crippen LogP contribution in [0, 0.1) is 0 Å². The molecule has 3 N–H and O–H groups in total. The van der Waals surface area contributed by atoms with Crippen LogP contribution in [0.15, 0.2) is 47.6 Å². The second-order valence-corrected chi connectivity index (χ2v) is 6.94. The predicted octanol–water partition coefficient (Wildman–Crippen LogP) is 3.19. The van der Waals surface area contributed by atoms with Gasteiger partial charge in [-0.1, -0.05) is 23.7 Å². The molecular weight excluding hydrogens is 392 g/mol. The summed E-state index contributed by atoms with van der Waals surface area (Å²) in [7, 11) is 0. The SMILES string of the molecule is CCNC(=NCC(O)c1ccc(OC(C)C)cc1)NCCOc1ncccc1Cl. The molecule has 0 spiro atoms. The van der Waals surface area contributed by atoms with E-state index in [2.05, 4.69) is 20.6 Å². The van der Waals surface area contributed by atoms with Crippen molar-refractivity contribution in [3.63, 3.8) is 0 Å². The molecule has 8 heteroatoms. The van der Waals surface area contributed by atoms with Crippen molar-refractivity contribution in [2.24, 2.45) is 4.99 Å². The van der Waals surface area contributed by atoms with Crippen molar-refractivity contribution < 1.29 is 14.6 Å². The van der Waals surface area contributed by atoms with Gasteiger partial charge in [0.15, 0.2) is 5.96 Å². The van der Waals surface area contributed by atoms with Gasteiger partial charge in [-0.15, -0.1) is 0 Å².